The monoisotopic (exact) mass is 336 g/mol. The molecule has 1 aromatic carbocycles. The zero-order valence-corrected chi connectivity index (χ0v) is 14.8. The molecule has 0 spiro atoms. The lowest BCUT2D eigenvalue weighted by molar-refractivity contribution is 0.254. The van der Waals surface area contributed by atoms with Crippen molar-refractivity contribution >= 4 is 10.0 Å². The van der Waals surface area contributed by atoms with Crippen LogP contribution >= 0.6 is 10.0 Å². The van der Waals surface area contributed by atoms with Crippen LogP contribution in [0.25, 0.3) is 0 Å². The van der Waals surface area contributed by atoms with Crippen LogP contribution in [0, 0.1) is 6.92 Å². The molecule has 0 bridgehead atoms. The van der Waals surface area contributed by atoms with Crippen LogP contribution in [-0.4, -0.2) is 22.9 Å². The standard InChI is InChI=1S/C20H26F2S/c1-15-3-9-18(10-4-15)23(2,19-11-5-16(21)6-12-19)20-13-7-17(22)8-14-20/h3-6,9-11,17,19-20H,7-8,12-14H2,1-2H3. The van der Waals surface area contributed by atoms with Gasteiger partial charge in [0, 0.05) is 5.25 Å². The third kappa shape index (κ3) is 3.40. The van der Waals surface area contributed by atoms with Gasteiger partial charge in [0.25, 0.3) is 0 Å². The molecule has 2 aliphatic rings. The molecule has 0 heterocycles. The molecule has 0 N–H and O–H groups in total. The molecule has 23 heavy (non-hydrogen) atoms. The first-order valence-corrected chi connectivity index (χ1v) is 10.7. The molecular weight excluding hydrogens is 310 g/mol. The Labute approximate surface area is 140 Å². The van der Waals surface area contributed by atoms with Gasteiger partial charge in [-0.05, 0) is 79.7 Å². The van der Waals surface area contributed by atoms with E-state index in [1.165, 1.54) is 10.5 Å². The van der Waals surface area contributed by atoms with Crippen molar-refractivity contribution < 1.29 is 8.78 Å². The van der Waals surface area contributed by atoms with Crippen LogP contribution in [-0.2, 0) is 0 Å². The maximum atomic E-state index is 13.6. The molecule has 2 aliphatic carbocycles. The number of hydrogen-bond donors (Lipinski definition) is 0. The van der Waals surface area contributed by atoms with E-state index in [1.54, 1.807) is 12.2 Å². The van der Waals surface area contributed by atoms with Gasteiger partial charge in [-0.1, -0.05) is 23.8 Å². The largest absolute Gasteiger partial charge is 0.247 e. The zero-order valence-electron chi connectivity index (χ0n) is 14.0. The van der Waals surface area contributed by atoms with E-state index in [9.17, 15) is 8.78 Å². The normalized spacial score (nSPS) is 32.0. The second-order valence-corrected chi connectivity index (χ2v) is 10.8. The third-order valence-electron chi connectivity index (χ3n) is 5.47. The lowest BCUT2D eigenvalue weighted by Crippen LogP contribution is -2.31. The molecule has 1 aromatic rings. The van der Waals surface area contributed by atoms with E-state index < -0.39 is 16.2 Å². The van der Waals surface area contributed by atoms with E-state index in [4.69, 9.17) is 0 Å². The Morgan fingerprint density at radius 1 is 1.04 bits per heavy atom. The van der Waals surface area contributed by atoms with Crippen LogP contribution in [0.15, 0.2) is 53.2 Å². The van der Waals surface area contributed by atoms with Crippen molar-refractivity contribution in [1.29, 1.82) is 0 Å². The van der Waals surface area contributed by atoms with E-state index in [-0.39, 0.29) is 5.83 Å². The number of aryl methyl sites for hydroxylation is 1. The molecule has 126 valence electrons. The summed E-state index contributed by atoms with van der Waals surface area (Å²) >= 11 is 0. The molecule has 2 atom stereocenters. The van der Waals surface area contributed by atoms with Gasteiger partial charge in [-0.2, -0.15) is 0 Å². The molecule has 0 aromatic heterocycles. The Balaban J connectivity index is 1.95. The maximum absolute atomic E-state index is 13.6. The van der Waals surface area contributed by atoms with Crippen LogP contribution in [0.3, 0.4) is 0 Å². The van der Waals surface area contributed by atoms with Crippen molar-refractivity contribution in [3.63, 3.8) is 0 Å². The average Bonchev–Trinajstić information content (AvgIpc) is 2.56. The molecule has 0 radical (unpaired) electrons. The number of rotatable bonds is 3. The van der Waals surface area contributed by atoms with Gasteiger partial charge >= 0.3 is 0 Å². The van der Waals surface area contributed by atoms with Crippen molar-refractivity contribution in [2.75, 3.05) is 6.26 Å². The fourth-order valence-electron chi connectivity index (χ4n) is 3.90. The zero-order chi connectivity index (χ0) is 16.4. The van der Waals surface area contributed by atoms with Crippen molar-refractivity contribution in [3.05, 3.63) is 53.9 Å². The predicted octanol–water partition coefficient (Wildman–Crippen LogP) is 6.25. The summed E-state index contributed by atoms with van der Waals surface area (Å²) in [5, 5.41) is 0.882. The van der Waals surface area contributed by atoms with Crippen molar-refractivity contribution in [1.82, 2.24) is 0 Å². The van der Waals surface area contributed by atoms with Crippen LogP contribution in [0.5, 0.6) is 0 Å². The first kappa shape index (κ1) is 16.8. The maximum Gasteiger partial charge on any atom is 0.119 e. The third-order valence-corrected chi connectivity index (χ3v) is 10.2. The topological polar surface area (TPSA) is 0 Å². The van der Waals surface area contributed by atoms with Crippen molar-refractivity contribution in [3.8, 4) is 0 Å². The Hall–Kier alpha value is -1.09. The summed E-state index contributed by atoms with van der Waals surface area (Å²) in [6, 6.07) is 8.83. The molecule has 0 nitrogen and oxygen atoms in total. The SMILES string of the molecule is Cc1ccc(S(C)(C2C=CC(F)=CC2)C2CCC(F)CC2)cc1. The van der Waals surface area contributed by atoms with Crippen LogP contribution < -0.4 is 0 Å². The summed E-state index contributed by atoms with van der Waals surface area (Å²) < 4.78 is 27.1. The minimum atomic E-state index is -1.15. The first-order chi connectivity index (χ1) is 11.0. The van der Waals surface area contributed by atoms with Gasteiger partial charge in [0.15, 0.2) is 0 Å². The van der Waals surface area contributed by atoms with Crippen LogP contribution in [0.1, 0.15) is 37.7 Å². The van der Waals surface area contributed by atoms with Crippen molar-refractivity contribution in [2.45, 2.75) is 60.6 Å². The quantitative estimate of drug-likeness (QED) is 0.612. The summed E-state index contributed by atoms with van der Waals surface area (Å²) in [5.74, 6) is -0.126. The van der Waals surface area contributed by atoms with Gasteiger partial charge < -0.3 is 0 Å². The fourth-order valence-corrected chi connectivity index (χ4v) is 8.00. The molecule has 1 fully saturated rings. The number of halogens is 2. The first-order valence-electron chi connectivity index (χ1n) is 8.51. The second-order valence-electron chi connectivity index (χ2n) is 6.96. The lowest BCUT2D eigenvalue weighted by atomic mass is 9.98. The Bertz CT molecular complexity index is 597. The highest BCUT2D eigenvalue weighted by molar-refractivity contribution is 8.34. The van der Waals surface area contributed by atoms with Gasteiger partial charge in [-0.15, -0.1) is 0 Å². The average molecular weight is 336 g/mol. The fraction of sp³-hybridized carbons (Fsp3) is 0.500. The molecular formula is C20H26F2S. The second kappa shape index (κ2) is 6.80. The molecule has 0 amide bonds. The van der Waals surface area contributed by atoms with Gasteiger partial charge in [-0.3, -0.25) is 0 Å². The highest BCUT2D eigenvalue weighted by atomic mass is 32.3. The van der Waals surface area contributed by atoms with Gasteiger partial charge in [0.1, 0.15) is 12.0 Å². The van der Waals surface area contributed by atoms with Gasteiger partial charge in [0.05, 0.1) is 0 Å². The summed E-state index contributed by atoms with van der Waals surface area (Å²) in [4.78, 5) is 1.38. The van der Waals surface area contributed by atoms with E-state index in [1.807, 2.05) is 0 Å². The Morgan fingerprint density at radius 2 is 1.70 bits per heavy atom. The van der Waals surface area contributed by atoms with Crippen molar-refractivity contribution in [2.24, 2.45) is 0 Å². The Kier molecular flexibility index (Phi) is 4.96. The molecule has 0 aliphatic heterocycles. The van der Waals surface area contributed by atoms with Crippen LogP contribution in [0.2, 0.25) is 0 Å². The van der Waals surface area contributed by atoms with E-state index >= 15 is 0 Å². The minimum absolute atomic E-state index is 0.126. The molecule has 0 saturated heterocycles. The number of benzene rings is 1. The summed E-state index contributed by atoms with van der Waals surface area (Å²) in [7, 11) is -1.15. The minimum Gasteiger partial charge on any atom is -0.247 e. The molecule has 3 heteroatoms. The van der Waals surface area contributed by atoms with E-state index in [2.05, 4.69) is 43.5 Å². The smallest absolute Gasteiger partial charge is 0.119 e. The number of hydrogen-bond acceptors (Lipinski definition) is 0. The number of alkyl halides is 1. The molecule has 1 saturated carbocycles. The highest BCUT2D eigenvalue weighted by Gasteiger charge is 2.39. The van der Waals surface area contributed by atoms with Crippen LogP contribution in [0.4, 0.5) is 8.78 Å². The summed E-state index contributed by atoms with van der Waals surface area (Å²) in [5.41, 5.74) is 1.26. The predicted molar refractivity (Wildman–Crippen MR) is 96.8 cm³/mol. The number of allylic oxidation sites excluding steroid dienone is 3. The Morgan fingerprint density at radius 3 is 2.26 bits per heavy atom. The van der Waals surface area contributed by atoms with Gasteiger partial charge in [0.2, 0.25) is 0 Å². The van der Waals surface area contributed by atoms with E-state index in [0.717, 1.165) is 19.3 Å². The highest BCUT2D eigenvalue weighted by Crippen LogP contribution is 2.65. The summed E-state index contributed by atoms with van der Waals surface area (Å²) in [6.45, 7) is 2.10. The van der Waals surface area contributed by atoms with Gasteiger partial charge in [-0.25, -0.2) is 18.8 Å². The summed E-state index contributed by atoms with van der Waals surface area (Å²) in [6.07, 6.45) is 11.2. The van der Waals surface area contributed by atoms with E-state index in [0.29, 0.717) is 23.3 Å². The molecule has 2 unspecified atom stereocenters. The molecule has 3 rings (SSSR count). The lowest BCUT2D eigenvalue weighted by Gasteiger charge is -2.51.